The number of carbonyl (C=O) groups excluding carboxylic acids is 1. The molecule has 0 aliphatic carbocycles. The number of piperidine rings is 1. The smallest absolute Gasteiger partial charge is 0.296 e. The van der Waals surface area contributed by atoms with Crippen molar-refractivity contribution in [3.63, 3.8) is 0 Å². The number of hydrogen-bond donors (Lipinski definition) is 1. The van der Waals surface area contributed by atoms with Gasteiger partial charge in [0, 0.05) is 18.1 Å². The first-order chi connectivity index (χ1) is 13.6. The number of amides is 1. The summed E-state index contributed by atoms with van der Waals surface area (Å²) in [5, 5.41) is 7.71. The van der Waals surface area contributed by atoms with Crippen molar-refractivity contribution in [2.24, 2.45) is 0 Å². The molecule has 1 amide bonds. The van der Waals surface area contributed by atoms with Crippen molar-refractivity contribution in [2.75, 3.05) is 23.3 Å². The summed E-state index contributed by atoms with van der Waals surface area (Å²) >= 11 is 5.93. The van der Waals surface area contributed by atoms with Crippen LogP contribution < -0.4 is 10.2 Å². The van der Waals surface area contributed by atoms with Crippen LogP contribution in [0, 0.1) is 6.92 Å². The molecule has 0 radical (unpaired) electrons. The topological polar surface area (TPSA) is 75.9 Å². The molecule has 0 spiro atoms. The Labute approximate surface area is 168 Å². The van der Waals surface area contributed by atoms with Gasteiger partial charge in [0.05, 0.1) is 17.6 Å². The molecule has 144 valence electrons. The van der Waals surface area contributed by atoms with E-state index in [1.54, 1.807) is 29.9 Å². The highest BCUT2D eigenvalue weighted by atomic mass is 35.5. The zero-order chi connectivity index (χ0) is 19.5. The highest BCUT2D eigenvalue weighted by molar-refractivity contribution is 6.30. The molecule has 0 saturated carbocycles. The second kappa shape index (κ2) is 7.98. The molecule has 1 fully saturated rings. The van der Waals surface area contributed by atoms with Gasteiger partial charge in [-0.25, -0.2) is 14.6 Å². The van der Waals surface area contributed by atoms with Gasteiger partial charge in [0.2, 0.25) is 5.82 Å². The third kappa shape index (κ3) is 3.99. The van der Waals surface area contributed by atoms with E-state index in [9.17, 15) is 4.79 Å². The summed E-state index contributed by atoms with van der Waals surface area (Å²) in [5.74, 6) is 0.788. The highest BCUT2D eigenvalue weighted by Crippen LogP contribution is 2.20. The van der Waals surface area contributed by atoms with Crippen LogP contribution in [0.25, 0.3) is 5.69 Å². The Morgan fingerprint density at radius 2 is 1.75 bits per heavy atom. The van der Waals surface area contributed by atoms with Gasteiger partial charge in [-0.2, -0.15) is 0 Å². The van der Waals surface area contributed by atoms with Crippen LogP contribution in [-0.2, 0) is 0 Å². The van der Waals surface area contributed by atoms with Crippen molar-refractivity contribution in [1.29, 1.82) is 0 Å². The minimum Gasteiger partial charge on any atom is -0.370 e. The van der Waals surface area contributed by atoms with Crippen molar-refractivity contribution in [1.82, 2.24) is 19.7 Å². The quantitative estimate of drug-likeness (QED) is 0.724. The molecule has 0 bridgehead atoms. The summed E-state index contributed by atoms with van der Waals surface area (Å²) in [5.41, 5.74) is 1.87. The summed E-state index contributed by atoms with van der Waals surface area (Å²) in [6.07, 6.45) is 5.50. The number of halogens is 1. The van der Waals surface area contributed by atoms with E-state index in [1.807, 2.05) is 24.3 Å². The molecule has 1 aliphatic heterocycles. The predicted molar refractivity (Wildman–Crippen MR) is 109 cm³/mol. The van der Waals surface area contributed by atoms with Gasteiger partial charge in [0.25, 0.3) is 5.91 Å². The number of nitrogens with one attached hydrogen (secondary N) is 1. The molecule has 1 saturated heterocycles. The normalized spacial score (nSPS) is 14.1. The minimum atomic E-state index is -0.394. The molecule has 3 aromatic rings. The fourth-order valence-corrected chi connectivity index (χ4v) is 3.41. The van der Waals surface area contributed by atoms with E-state index in [4.69, 9.17) is 11.6 Å². The van der Waals surface area contributed by atoms with E-state index in [1.165, 1.54) is 19.3 Å². The lowest BCUT2D eigenvalue weighted by atomic mass is 10.1. The van der Waals surface area contributed by atoms with E-state index in [-0.39, 0.29) is 5.82 Å². The summed E-state index contributed by atoms with van der Waals surface area (Å²) in [4.78, 5) is 23.5. The summed E-state index contributed by atoms with van der Waals surface area (Å²) in [6.45, 7) is 3.90. The Hall–Kier alpha value is -2.93. The molecule has 0 unspecified atom stereocenters. The molecule has 8 heteroatoms. The molecule has 1 aromatic carbocycles. The predicted octanol–water partition coefficient (Wildman–Crippen LogP) is 3.87. The van der Waals surface area contributed by atoms with Crippen molar-refractivity contribution in [2.45, 2.75) is 26.2 Å². The van der Waals surface area contributed by atoms with E-state index in [0.717, 1.165) is 24.5 Å². The molecule has 28 heavy (non-hydrogen) atoms. The van der Waals surface area contributed by atoms with Crippen molar-refractivity contribution in [3.05, 3.63) is 59.3 Å². The molecular formula is C20H21ClN6O. The van der Waals surface area contributed by atoms with Crippen molar-refractivity contribution >= 4 is 29.0 Å². The number of hydrogen-bond acceptors (Lipinski definition) is 5. The van der Waals surface area contributed by atoms with E-state index < -0.39 is 5.91 Å². The number of aromatic nitrogens is 4. The number of nitrogens with zero attached hydrogens (tertiary/aromatic N) is 5. The molecule has 0 atom stereocenters. The third-order valence-electron chi connectivity index (χ3n) is 4.75. The van der Waals surface area contributed by atoms with Crippen LogP contribution in [0.4, 0.5) is 11.5 Å². The van der Waals surface area contributed by atoms with Gasteiger partial charge in [-0.15, -0.1) is 5.10 Å². The summed E-state index contributed by atoms with van der Waals surface area (Å²) in [6, 6.07) is 11.0. The Morgan fingerprint density at radius 1 is 1.04 bits per heavy atom. The van der Waals surface area contributed by atoms with Crippen LogP contribution >= 0.6 is 11.6 Å². The second-order valence-electron chi connectivity index (χ2n) is 6.77. The maximum atomic E-state index is 12.5. The Kier molecular flexibility index (Phi) is 5.25. The zero-order valence-corrected chi connectivity index (χ0v) is 16.4. The molecule has 3 heterocycles. The largest absolute Gasteiger partial charge is 0.370 e. The third-order valence-corrected chi connectivity index (χ3v) is 5.01. The van der Waals surface area contributed by atoms with Crippen LogP contribution in [0.1, 0.15) is 35.7 Å². The van der Waals surface area contributed by atoms with E-state index in [2.05, 4.69) is 25.3 Å². The van der Waals surface area contributed by atoms with Gasteiger partial charge in [-0.3, -0.25) is 4.79 Å². The number of benzene rings is 1. The summed E-state index contributed by atoms with van der Waals surface area (Å²) in [7, 11) is 0. The number of aryl methyl sites for hydroxylation is 1. The SMILES string of the molecule is Cc1nc(C(=O)Nc2ccc(N3CCCCC3)cn2)nn1-c1ccc(Cl)cc1. The molecule has 1 N–H and O–H groups in total. The average molecular weight is 397 g/mol. The van der Waals surface area contributed by atoms with Crippen molar-refractivity contribution < 1.29 is 4.79 Å². The monoisotopic (exact) mass is 396 g/mol. The van der Waals surface area contributed by atoms with Gasteiger partial charge in [0.15, 0.2) is 0 Å². The molecule has 4 rings (SSSR count). The zero-order valence-electron chi connectivity index (χ0n) is 15.6. The first kappa shape index (κ1) is 18.4. The fourth-order valence-electron chi connectivity index (χ4n) is 3.28. The van der Waals surface area contributed by atoms with E-state index in [0.29, 0.717) is 16.7 Å². The molecule has 1 aliphatic rings. The van der Waals surface area contributed by atoms with Crippen molar-refractivity contribution in [3.8, 4) is 5.69 Å². The highest BCUT2D eigenvalue weighted by Gasteiger charge is 2.17. The molecule has 7 nitrogen and oxygen atoms in total. The molecular weight excluding hydrogens is 376 g/mol. The lowest BCUT2D eigenvalue weighted by Gasteiger charge is -2.28. The lowest BCUT2D eigenvalue weighted by Crippen LogP contribution is -2.29. The van der Waals surface area contributed by atoms with Crippen LogP contribution in [-0.4, -0.2) is 38.7 Å². The van der Waals surface area contributed by atoms with Gasteiger partial charge in [-0.05, 0) is 62.6 Å². The maximum Gasteiger partial charge on any atom is 0.296 e. The standard InChI is InChI=1S/C20H21ClN6O/c1-14-23-19(25-27(14)16-7-5-15(21)6-8-16)20(28)24-18-10-9-17(13-22-18)26-11-3-2-4-12-26/h5-10,13H,2-4,11-12H2,1H3,(H,22,24,28). The van der Waals surface area contributed by atoms with Gasteiger partial charge in [-0.1, -0.05) is 11.6 Å². The Morgan fingerprint density at radius 3 is 2.43 bits per heavy atom. The Bertz CT molecular complexity index is 961. The number of carbonyl (C=O) groups is 1. The van der Waals surface area contributed by atoms with Crippen LogP contribution in [0.15, 0.2) is 42.6 Å². The van der Waals surface area contributed by atoms with Gasteiger partial charge >= 0.3 is 0 Å². The minimum absolute atomic E-state index is 0.0920. The number of anilines is 2. The maximum absolute atomic E-state index is 12.5. The number of pyridine rings is 1. The van der Waals surface area contributed by atoms with Gasteiger partial charge in [0.1, 0.15) is 11.6 Å². The van der Waals surface area contributed by atoms with Crippen LogP contribution in [0.3, 0.4) is 0 Å². The van der Waals surface area contributed by atoms with Gasteiger partial charge < -0.3 is 10.2 Å². The molecule has 2 aromatic heterocycles. The summed E-state index contributed by atoms with van der Waals surface area (Å²) < 4.78 is 1.61. The van der Waals surface area contributed by atoms with Crippen LogP contribution in [0.2, 0.25) is 5.02 Å². The fraction of sp³-hybridized carbons (Fsp3) is 0.300. The van der Waals surface area contributed by atoms with E-state index >= 15 is 0 Å². The second-order valence-corrected chi connectivity index (χ2v) is 7.21. The Balaban J connectivity index is 1.46. The number of rotatable bonds is 4. The first-order valence-corrected chi connectivity index (χ1v) is 9.70. The lowest BCUT2D eigenvalue weighted by molar-refractivity contribution is 0.101. The van der Waals surface area contributed by atoms with Crippen LogP contribution in [0.5, 0.6) is 0 Å². The average Bonchev–Trinajstić information content (AvgIpc) is 3.12. The first-order valence-electron chi connectivity index (χ1n) is 9.32.